The van der Waals surface area contributed by atoms with Crippen LogP contribution in [0.25, 0.3) is 0 Å². The molecule has 2 N–H and O–H groups in total. The number of hydrogen-bond donors (Lipinski definition) is 2. The first-order chi connectivity index (χ1) is 9.36. The standard InChI is InChI=1S/C16H27NO4/c1-13(2,3)21-12(20)17-10-9-16(11(18)19)8-7-15(10,6)14(16,4)5/h10H,7-9H2,1-6H3,(H,17,20)(H,18,19). The summed E-state index contributed by atoms with van der Waals surface area (Å²) in [7, 11) is 0. The molecular formula is C16H27NO4. The molecule has 0 aromatic heterocycles. The van der Waals surface area contributed by atoms with Crippen LogP contribution < -0.4 is 5.32 Å². The van der Waals surface area contributed by atoms with Crippen LogP contribution in [0.15, 0.2) is 0 Å². The van der Waals surface area contributed by atoms with Crippen LogP contribution in [0.1, 0.15) is 60.8 Å². The average Bonchev–Trinajstić information content (AvgIpc) is 2.56. The van der Waals surface area contributed by atoms with Gasteiger partial charge < -0.3 is 15.2 Å². The van der Waals surface area contributed by atoms with Crippen LogP contribution in [0.2, 0.25) is 0 Å². The SMILES string of the molecule is CC(C)(C)OC(=O)NC1CC2(C(=O)O)CCC1(C)C2(C)C. The highest BCUT2D eigenvalue weighted by Gasteiger charge is 2.72. The first-order valence-electron chi connectivity index (χ1n) is 7.59. The maximum atomic E-state index is 12.0. The molecule has 0 aliphatic heterocycles. The van der Waals surface area contributed by atoms with Gasteiger partial charge in [-0.2, -0.15) is 0 Å². The summed E-state index contributed by atoms with van der Waals surface area (Å²) in [5.74, 6) is -0.746. The van der Waals surface area contributed by atoms with Crippen LogP contribution in [0.3, 0.4) is 0 Å². The molecule has 2 aliphatic rings. The molecule has 0 saturated heterocycles. The number of carboxylic acids is 1. The highest BCUT2D eigenvalue weighted by Crippen LogP contribution is 2.72. The predicted octanol–water partition coefficient (Wildman–Crippen LogP) is 3.18. The minimum Gasteiger partial charge on any atom is -0.481 e. The van der Waals surface area contributed by atoms with Gasteiger partial charge in [-0.3, -0.25) is 4.79 Å². The van der Waals surface area contributed by atoms with Gasteiger partial charge in [0.15, 0.2) is 0 Å². The zero-order valence-electron chi connectivity index (χ0n) is 13.9. The summed E-state index contributed by atoms with van der Waals surface area (Å²) < 4.78 is 5.32. The van der Waals surface area contributed by atoms with Gasteiger partial charge in [-0.05, 0) is 50.9 Å². The minimum absolute atomic E-state index is 0.160. The summed E-state index contributed by atoms with van der Waals surface area (Å²) in [4.78, 5) is 23.9. The van der Waals surface area contributed by atoms with Gasteiger partial charge in [0, 0.05) is 6.04 Å². The normalized spacial score (nSPS) is 37.3. The van der Waals surface area contributed by atoms with E-state index in [0.717, 1.165) is 6.42 Å². The van der Waals surface area contributed by atoms with Crippen molar-refractivity contribution in [3.8, 4) is 0 Å². The molecule has 0 radical (unpaired) electrons. The molecule has 3 unspecified atom stereocenters. The maximum absolute atomic E-state index is 12.0. The molecule has 2 bridgehead atoms. The molecule has 0 aromatic carbocycles. The van der Waals surface area contributed by atoms with E-state index in [1.807, 2.05) is 34.6 Å². The highest BCUT2D eigenvalue weighted by molar-refractivity contribution is 5.78. The van der Waals surface area contributed by atoms with Crippen molar-refractivity contribution < 1.29 is 19.4 Å². The molecule has 2 rings (SSSR count). The summed E-state index contributed by atoms with van der Waals surface area (Å²) in [6.07, 6.45) is 1.51. The van der Waals surface area contributed by atoms with E-state index in [4.69, 9.17) is 4.74 Å². The monoisotopic (exact) mass is 297 g/mol. The van der Waals surface area contributed by atoms with Crippen molar-refractivity contribution in [2.75, 3.05) is 0 Å². The molecule has 5 heteroatoms. The molecule has 5 nitrogen and oxygen atoms in total. The zero-order valence-corrected chi connectivity index (χ0v) is 13.9. The molecule has 1 amide bonds. The Morgan fingerprint density at radius 1 is 1.19 bits per heavy atom. The summed E-state index contributed by atoms with van der Waals surface area (Å²) in [6, 6.07) is -0.160. The second kappa shape index (κ2) is 4.37. The van der Waals surface area contributed by atoms with Crippen molar-refractivity contribution in [3.05, 3.63) is 0 Å². The predicted molar refractivity (Wildman–Crippen MR) is 79.0 cm³/mol. The van der Waals surface area contributed by atoms with Gasteiger partial charge in [-0.25, -0.2) is 4.79 Å². The topological polar surface area (TPSA) is 75.6 Å². The fraction of sp³-hybridized carbons (Fsp3) is 0.875. The van der Waals surface area contributed by atoms with Crippen LogP contribution in [0.4, 0.5) is 4.79 Å². The number of carbonyl (C=O) groups excluding carboxylic acids is 1. The van der Waals surface area contributed by atoms with E-state index < -0.39 is 23.1 Å². The molecule has 120 valence electrons. The van der Waals surface area contributed by atoms with Gasteiger partial charge in [-0.1, -0.05) is 20.8 Å². The molecular weight excluding hydrogens is 270 g/mol. The quantitative estimate of drug-likeness (QED) is 0.820. The summed E-state index contributed by atoms with van der Waals surface area (Å²) >= 11 is 0. The Labute approximate surface area is 126 Å². The number of hydrogen-bond acceptors (Lipinski definition) is 3. The number of aliphatic carboxylic acids is 1. The third-order valence-corrected chi connectivity index (χ3v) is 6.12. The van der Waals surface area contributed by atoms with Crippen molar-refractivity contribution in [2.24, 2.45) is 16.2 Å². The number of rotatable bonds is 2. The molecule has 3 atom stereocenters. The van der Waals surface area contributed by atoms with Crippen LogP contribution in [0, 0.1) is 16.2 Å². The van der Waals surface area contributed by atoms with Gasteiger partial charge in [0.1, 0.15) is 5.60 Å². The van der Waals surface area contributed by atoms with Gasteiger partial charge in [0.25, 0.3) is 0 Å². The molecule has 0 spiro atoms. The zero-order chi connectivity index (χ0) is 16.3. The summed E-state index contributed by atoms with van der Waals surface area (Å²) in [5.41, 5.74) is -1.88. The number of nitrogens with one attached hydrogen (secondary N) is 1. The third-order valence-electron chi connectivity index (χ3n) is 6.12. The fourth-order valence-corrected chi connectivity index (χ4v) is 4.31. The largest absolute Gasteiger partial charge is 0.481 e. The van der Waals surface area contributed by atoms with E-state index in [0.29, 0.717) is 12.8 Å². The molecule has 2 fully saturated rings. The molecule has 0 aromatic rings. The number of fused-ring (bicyclic) bond motifs is 2. The lowest BCUT2D eigenvalue weighted by molar-refractivity contribution is -0.154. The minimum atomic E-state index is -0.749. The number of carbonyl (C=O) groups is 2. The Kier molecular flexibility index (Phi) is 3.35. The lowest BCUT2D eigenvalue weighted by atomic mass is 9.65. The Hall–Kier alpha value is -1.26. The second-order valence-corrected chi connectivity index (χ2v) is 8.33. The van der Waals surface area contributed by atoms with Crippen LogP contribution in [-0.4, -0.2) is 28.8 Å². The lowest BCUT2D eigenvalue weighted by Crippen LogP contribution is -2.48. The number of amides is 1. The first-order valence-corrected chi connectivity index (χ1v) is 7.59. The van der Waals surface area contributed by atoms with Gasteiger partial charge >= 0.3 is 12.1 Å². The van der Waals surface area contributed by atoms with E-state index in [9.17, 15) is 14.7 Å². The van der Waals surface area contributed by atoms with Crippen molar-refractivity contribution in [3.63, 3.8) is 0 Å². The van der Waals surface area contributed by atoms with E-state index in [1.54, 1.807) is 0 Å². The lowest BCUT2D eigenvalue weighted by Gasteiger charge is -2.40. The second-order valence-electron chi connectivity index (χ2n) is 8.33. The summed E-state index contributed by atoms with van der Waals surface area (Å²) in [6.45, 7) is 11.6. The molecule has 2 aliphatic carbocycles. The van der Waals surface area contributed by atoms with Crippen molar-refractivity contribution in [1.29, 1.82) is 0 Å². The molecule has 2 saturated carbocycles. The van der Waals surface area contributed by atoms with Gasteiger partial charge in [-0.15, -0.1) is 0 Å². The maximum Gasteiger partial charge on any atom is 0.407 e. The number of carboxylic acid groups (broad SMARTS) is 1. The fourth-order valence-electron chi connectivity index (χ4n) is 4.31. The van der Waals surface area contributed by atoms with Gasteiger partial charge in [0.2, 0.25) is 0 Å². The Morgan fingerprint density at radius 3 is 2.19 bits per heavy atom. The van der Waals surface area contributed by atoms with Gasteiger partial charge in [0.05, 0.1) is 5.41 Å². The van der Waals surface area contributed by atoms with Crippen molar-refractivity contribution >= 4 is 12.1 Å². The first kappa shape index (κ1) is 16.1. The number of ether oxygens (including phenoxy) is 1. The van der Waals surface area contributed by atoms with E-state index >= 15 is 0 Å². The average molecular weight is 297 g/mol. The smallest absolute Gasteiger partial charge is 0.407 e. The number of alkyl carbamates (subject to hydrolysis) is 1. The highest BCUT2D eigenvalue weighted by atomic mass is 16.6. The van der Waals surface area contributed by atoms with E-state index in [-0.39, 0.29) is 16.9 Å². The summed E-state index contributed by atoms with van der Waals surface area (Å²) in [5, 5.41) is 12.7. The third kappa shape index (κ3) is 2.12. The Balaban J connectivity index is 2.22. The van der Waals surface area contributed by atoms with Crippen LogP contribution in [0.5, 0.6) is 0 Å². The Bertz CT molecular complexity index is 479. The Morgan fingerprint density at radius 2 is 1.76 bits per heavy atom. The van der Waals surface area contributed by atoms with E-state index in [2.05, 4.69) is 12.2 Å². The van der Waals surface area contributed by atoms with E-state index in [1.165, 1.54) is 0 Å². The van der Waals surface area contributed by atoms with Crippen molar-refractivity contribution in [1.82, 2.24) is 5.32 Å². The van der Waals surface area contributed by atoms with Crippen molar-refractivity contribution in [2.45, 2.75) is 72.4 Å². The van der Waals surface area contributed by atoms with Crippen LogP contribution >= 0.6 is 0 Å². The molecule has 21 heavy (non-hydrogen) atoms. The molecule has 0 heterocycles. The van der Waals surface area contributed by atoms with Crippen LogP contribution in [-0.2, 0) is 9.53 Å².